The van der Waals surface area contributed by atoms with E-state index in [-0.39, 0.29) is 17.4 Å². The number of nitrogens with one attached hydrogen (secondary N) is 1. The van der Waals surface area contributed by atoms with Crippen LogP contribution in [0.25, 0.3) is 0 Å². The van der Waals surface area contributed by atoms with Crippen LogP contribution in [0.5, 0.6) is 0 Å². The summed E-state index contributed by atoms with van der Waals surface area (Å²) in [5.74, 6) is 0.283. The average molecular weight is 275 g/mol. The summed E-state index contributed by atoms with van der Waals surface area (Å²) < 4.78 is 0. The van der Waals surface area contributed by atoms with Crippen LogP contribution in [0.15, 0.2) is 18.3 Å². The lowest BCUT2D eigenvalue weighted by Crippen LogP contribution is -2.57. The number of carbonyl (C=O) groups is 2. The third-order valence-corrected chi connectivity index (χ3v) is 4.67. The number of aromatic nitrogens is 1. The average Bonchev–Trinajstić information content (AvgIpc) is 3.08. The van der Waals surface area contributed by atoms with Gasteiger partial charge in [-0.3, -0.25) is 9.59 Å². The first kappa shape index (κ1) is 13.2. The first-order chi connectivity index (χ1) is 9.66. The second-order valence-corrected chi connectivity index (χ2v) is 5.78. The van der Waals surface area contributed by atoms with Crippen LogP contribution in [-0.4, -0.2) is 51.8 Å². The second-order valence-electron chi connectivity index (χ2n) is 5.78. The molecule has 5 nitrogen and oxygen atoms in total. The predicted molar refractivity (Wildman–Crippen MR) is 75.3 cm³/mol. The first-order valence-corrected chi connectivity index (χ1v) is 7.39. The van der Waals surface area contributed by atoms with E-state index in [0.29, 0.717) is 18.7 Å². The van der Waals surface area contributed by atoms with Crippen LogP contribution in [0, 0.1) is 0 Å². The van der Waals surface area contributed by atoms with E-state index in [1.165, 1.54) is 0 Å². The Kier molecular flexibility index (Phi) is 3.28. The second kappa shape index (κ2) is 4.96. The van der Waals surface area contributed by atoms with Crippen LogP contribution in [0.1, 0.15) is 43.1 Å². The predicted octanol–water partition coefficient (Wildman–Crippen LogP) is 1.63. The lowest BCUT2D eigenvalue weighted by Gasteiger charge is -2.45. The standard InChI is InChI=1S/C15H21N3O2/c1-2-18-13(19)6-8-15(18)7-4-10-17(11-15)14(20)12-5-3-9-16-12/h3,5,9,16H,2,4,6-8,10-11H2,1H3. The van der Waals surface area contributed by atoms with E-state index in [1.807, 2.05) is 22.8 Å². The number of likely N-dealkylation sites (N-methyl/N-ethyl adjacent to an activating group) is 1. The van der Waals surface area contributed by atoms with Gasteiger partial charge in [0, 0.05) is 32.3 Å². The largest absolute Gasteiger partial charge is 0.357 e. The van der Waals surface area contributed by atoms with Gasteiger partial charge in [-0.15, -0.1) is 0 Å². The molecule has 3 rings (SSSR count). The molecule has 1 aromatic heterocycles. The first-order valence-electron chi connectivity index (χ1n) is 7.39. The van der Waals surface area contributed by atoms with Gasteiger partial charge < -0.3 is 14.8 Å². The highest BCUT2D eigenvalue weighted by atomic mass is 16.2. The Hall–Kier alpha value is -1.78. The van der Waals surface area contributed by atoms with Crippen molar-refractivity contribution in [2.24, 2.45) is 0 Å². The summed E-state index contributed by atoms with van der Waals surface area (Å²) in [7, 11) is 0. The monoisotopic (exact) mass is 275 g/mol. The number of likely N-dealkylation sites (tertiary alicyclic amines) is 2. The van der Waals surface area contributed by atoms with Crippen molar-refractivity contribution in [1.29, 1.82) is 0 Å². The fraction of sp³-hybridized carbons (Fsp3) is 0.600. The molecule has 0 saturated carbocycles. The Morgan fingerprint density at radius 2 is 2.30 bits per heavy atom. The fourth-order valence-electron chi connectivity index (χ4n) is 3.73. The third kappa shape index (κ3) is 2.01. The Labute approximate surface area is 118 Å². The number of H-pyrrole nitrogens is 1. The number of nitrogens with zero attached hydrogens (tertiary/aromatic N) is 2. The van der Waals surface area contributed by atoms with E-state index < -0.39 is 0 Å². The van der Waals surface area contributed by atoms with Crippen LogP contribution in [-0.2, 0) is 4.79 Å². The van der Waals surface area contributed by atoms with Crippen molar-refractivity contribution in [3.63, 3.8) is 0 Å². The van der Waals surface area contributed by atoms with Crippen LogP contribution in [0.2, 0.25) is 0 Å². The van der Waals surface area contributed by atoms with Crippen LogP contribution >= 0.6 is 0 Å². The van der Waals surface area contributed by atoms with Crippen molar-refractivity contribution >= 4 is 11.8 Å². The summed E-state index contributed by atoms with van der Waals surface area (Å²) in [4.78, 5) is 31.3. The molecule has 1 N–H and O–H groups in total. The van der Waals surface area contributed by atoms with E-state index in [4.69, 9.17) is 0 Å². The van der Waals surface area contributed by atoms with E-state index in [2.05, 4.69) is 4.98 Å². The van der Waals surface area contributed by atoms with Crippen LogP contribution in [0.4, 0.5) is 0 Å². The molecule has 20 heavy (non-hydrogen) atoms. The molecule has 0 bridgehead atoms. The number of piperidine rings is 1. The fourth-order valence-corrected chi connectivity index (χ4v) is 3.73. The zero-order valence-corrected chi connectivity index (χ0v) is 11.9. The minimum absolute atomic E-state index is 0.0458. The summed E-state index contributed by atoms with van der Waals surface area (Å²) in [5, 5.41) is 0. The van der Waals surface area contributed by atoms with Crippen LogP contribution < -0.4 is 0 Å². The molecule has 1 spiro atoms. The molecule has 1 unspecified atom stereocenters. The number of aromatic amines is 1. The van der Waals surface area contributed by atoms with Gasteiger partial charge in [-0.2, -0.15) is 0 Å². The van der Waals surface area contributed by atoms with Gasteiger partial charge in [0.15, 0.2) is 0 Å². The molecule has 2 fully saturated rings. The van der Waals surface area contributed by atoms with Gasteiger partial charge in [-0.05, 0) is 38.3 Å². The highest BCUT2D eigenvalue weighted by molar-refractivity contribution is 5.92. The summed E-state index contributed by atoms with van der Waals surface area (Å²) >= 11 is 0. The normalized spacial score (nSPS) is 26.6. The van der Waals surface area contributed by atoms with Crippen molar-refractivity contribution in [2.75, 3.05) is 19.6 Å². The molecule has 0 radical (unpaired) electrons. The lowest BCUT2D eigenvalue weighted by atomic mass is 9.86. The maximum atomic E-state index is 12.5. The number of hydrogen-bond donors (Lipinski definition) is 1. The number of hydrogen-bond acceptors (Lipinski definition) is 2. The molecule has 0 aliphatic carbocycles. The van der Waals surface area contributed by atoms with Crippen molar-refractivity contribution in [3.05, 3.63) is 24.0 Å². The van der Waals surface area contributed by atoms with E-state index in [0.717, 1.165) is 32.4 Å². The molecule has 1 aromatic rings. The van der Waals surface area contributed by atoms with Gasteiger partial charge in [0.25, 0.3) is 5.91 Å². The third-order valence-electron chi connectivity index (χ3n) is 4.67. The van der Waals surface area contributed by atoms with E-state index in [1.54, 1.807) is 12.3 Å². The number of amides is 2. The maximum Gasteiger partial charge on any atom is 0.270 e. The Balaban J connectivity index is 1.80. The van der Waals surface area contributed by atoms with Gasteiger partial charge in [0.05, 0.1) is 5.54 Å². The van der Waals surface area contributed by atoms with Crippen molar-refractivity contribution in [1.82, 2.24) is 14.8 Å². The molecule has 108 valence electrons. The topological polar surface area (TPSA) is 56.4 Å². The Morgan fingerprint density at radius 1 is 1.45 bits per heavy atom. The quantitative estimate of drug-likeness (QED) is 0.892. The Bertz CT molecular complexity index is 511. The molecular weight excluding hydrogens is 254 g/mol. The summed E-state index contributed by atoms with van der Waals surface area (Å²) in [5.41, 5.74) is 0.515. The molecule has 3 heterocycles. The van der Waals surface area contributed by atoms with Gasteiger partial charge >= 0.3 is 0 Å². The van der Waals surface area contributed by atoms with Gasteiger partial charge in [-0.25, -0.2) is 0 Å². The maximum absolute atomic E-state index is 12.5. The molecular formula is C15H21N3O2. The SMILES string of the molecule is CCN1C(=O)CCC12CCCN(C(=O)c1ccc[nH]1)C2. The summed E-state index contributed by atoms with van der Waals surface area (Å²) in [6.07, 6.45) is 5.26. The number of carbonyl (C=O) groups excluding carboxylic acids is 2. The van der Waals surface area contributed by atoms with Crippen molar-refractivity contribution in [2.45, 2.75) is 38.1 Å². The molecule has 2 amide bonds. The zero-order valence-electron chi connectivity index (χ0n) is 11.9. The summed E-state index contributed by atoms with van der Waals surface area (Å²) in [6, 6.07) is 3.64. The highest BCUT2D eigenvalue weighted by Gasteiger charge is 2.47. The van der Waals surface area contributed by atoms with Crippen LogP contribution in [0.3, 0.4) is 0 Å². The minimum atomic E-state index is -0.119. The van der Waals surface area contributed by atoms with E-state index in [9.17, 15) is 9.59 Å². The minimum Gasteiger partial charge on any atom is -0.357 e. The van der Waals surface area contributed by atoms with Gasteiger partial charge in [0.1, 0.15) is 5.69 Å². The van der Waals surface area contributed by atoms with Gasteiger partial charge in [0.2, 0.25) is 5.91 Å². The smallest absolute Gasteiger partial charge is 0.270 e. The zero-order chi connectivity index (χ0) is 14.2. The molecule has 2 aliphatic rings. The molecule has 1 atom stereocenters. The molecule has 2 aliphatic heterocycles. The molecule has 2 saturated heterocycles. The molecule has 0 aromatic carbocycles. The van der Waals surface area contributed by atoms with Gasteiger partial charge in [-0.1, -0.05) is 0 Å². The summed E-state index contributed by atoms with van der Waals surface area (Å²) in [6.45, 7) is 4.22. The van der Waals surface area contributed by atoms with Crippen molar-refractivity contribution < 1.29 is 9.59 Å². The number of rotatable bonds is 2. The van der Waals surface area contributed by atoms with E-state index >= 15 is 0 Å². The molecule has 5 heteroatoms. The highest BCUT2D eigenvalue weighted by Crippen LogP contribution is 2.37. The Morgan fingerprint density at radius 3 is 3.00 bits per heavy atom. The van der Waals surface area contributed by atoms with Crippen molar-refractivity contribution in [3.8, 4) is 0 Å². The lowest BCUT2D eigenvalue weighted by molar-refractivity contribution is -0.132.